The fourth-order valence-electron chi connectivity index (χ4n) is 4.94. The minimum absolute atomic E-state index is 0.123. The van der Waals surface area contributed by atoms with Crippen LogP contribution >= 0.6 is 0 Å². The Morgan fingerprint density at radius 1 is 1.18 bits per heavy atom. The molecular formula is C22H36N6O5. The summed E-state index contributed by atoms with van der Waals surface area (Å²) in [5.74, 6) is -0.431. The molecule has 2 aliphatic heterocycles. The lowest BCUT2D eigenvalue weighted by Gasteiger charge is -2.40. The van der Waals surface area contributed by atoms with Crippen molar-refractivity contribution >= 4 is 23.9 Å². The smallest absolute Gasteiger partial charge is 0.327 e. The second kappa shape index (κ2) is 11.7. The quantitative estimate of drug-likeness (QED) is 0.241. The average molecular weight is 465 g/mol. The number of carbonyl (C=O) groups excluding carboxylic acids is 4. The van der Waals surface area contributed by atoms with E-state index in [4.69, 9.17) is 0 Å². The van der Waals surface area contributed by atoms with Crippen LogP contribution in [0.4, 0.5) is 4.79 Å². The number of unbranched alkanes of at least 4 members (excludes halogenated alkanes) is 3. The van der Waals surface area contributed by atoms with Gasteiger partial charge in [0, 0.05) is 19.5 Å². The fourth-order valence-corrected chi connectivity index (χ4v) is 4.94. The van der Waals surface area contributed by atoms with E-state index < -0.39 is 6.17 Å². The highest BCUT2D eigenvalue weighted by Crippen LogP contribution is 2.25. The summed E-state index contributed by atoms with van der Waals surface area (Å²) in [6.45, 7) is 0.940. The summed E-state index contributed by atoms with van der Waals surface area (Å²) in [4.78, 5) is 57.1. The van der Waals surface area contributed by atoms with Gasteiger partial charge in [-0.3, -0.25) is 24.7 Å². The number of nitrogens with zero attached hydrogens (tertiary/aromatic N) is 4. The van der Waals surface area contributed by atoms with Gasteiger partial charge in [-0.15, -0.1) is 0 Å². The third kappa shape index (κ3) is 6.17. The van der Waals surface area contributed by atoms with Crippen LogP contribution in [0.1, 0.15) is 57.8 Å². The predicted molar refractivity (Wildman–Crippen MR) is 119 cm³/mol. The van der Waals surface area contributed by atoms with Crippen LogP contribution in [0.3, 0.4) is 0 Å². The van der Waals surface area contributed by atoms with Crippen molar-refractivity contribution in [1.82, 2.24) is 25.3 Å². The maximum atomic E-state index is 12.8. The van der Waals surface area contributed by atoms with E-state index in [-0.39, 0.29) is 42.1 Å². The molecule has 3 N–H and O–H groups in total. The number of nitrogens with one attached hydrogen (secondary N) is 2. The number of aliphatic hydroxyl groups excluding tert-OH is 1. The molecule has 11 heteroatoms. The SMILES string of the molecule is CN1CNC2C1C(=O)N(CCCCCCC(N=C=O)NC(=O)C1CCC(O)CC1)C(=O)N2C. The minimum Gasteiger partial charge on any atom is -0.393 e. The van der Waals surface area contributed by atoms with Crippen molar-refractivity contribution in [1.29, 1.82) is 0 Å². The summed E-state index contributed by atoms with van der Waals surface area (Å²) in [6.07, 6.45) is 6.46. The number of urea groups is 1. The average Bonchev–Trinajstić information content (AvgIpc) is 3.18. The molecule has 3 atom stereocenters. The molecule has 1 saturated carbocycles. The maximum Gasteiger partial charge on any atom is 0.327 e. The van der Waals surface area contributed by atoms with E-state index in [9.17, 15) is 24.3 Å². The lowest BCUT2D eigenvalue weighted by atomic mass is 9.87. The van der Waals surface area contributed by atoms with Gasteiger partial charge in [0.2, 0.25) is 12.0 Å². The molecule has 0 spiro atoms. The zero-order valence-corrected chi connectivity index (χ0v) is 19.5. The molecule has 0 aromatic heterocycles. The van der Waals surface area contributed by atoms with Crippen LogP contribution < -0.4 is 10.6 Å². The summed E-state index contributed by atoms with van der Waals surface area (Å²) >= 11 is 0. The third-order valence-electron chi connectivity index (χ3n) is 6.99. The Labute approximate surface area is 194 Å². The Hall–Kier alpha value is -2.33. The molecule has 33 heavy (non-hydrogen) atoms. The van der Waals surface area contributed by atoms with Crippen LogP contribution in [0.5, 0.6) is 0 Å². The van der Waals surface area contributed by atoms with E-state index in [0.717, 1.165) is 19.3 Å². The molecule has 3 unspecified atom stereocenters. The molecule has 1 aliphatic carbocycles. The van der Waals surface area contributed by atoms with Crippen molar-refractivity contribution in [2.75, 3.05) is 27.3 Å². The zero-order chi connectivity index (χ0) is 24.0. The first-order valence-electron chi connectivity index (χ1n) is 11.9. The Morgan fingerprint density at radius 2 is 1.88 bits per heavy atom. The van der Waals surface area contributed by atoms with Crippen molar-refractivity contribution in [2.24, 2.45) is 10.9 Å². The van der Waals surface area contributed by atoms with Crippen LogP contribution in [0.25, 0.3) is 0 Å². The molecule has 11 nitrogen and oxygen atoms in total. The molecular weight excluding hydrogens is 428 g/mol. The first kappa shape index (κ1) is 25.3. The normalized spacial score (nSPS) is 28.9. The van der Waals surface area contributed by atoms with Gasteiger partial charge in [-0.1, -0.05) is 12.8 Å². The number of hydrogen-bond acceptors (Lipinski definition) is 8. The van der Waals surface area contributed by atoms with Crippen LogP contribution in [0, 0.1) is 5.92 Å². The summed E-state index contributed by atoms with van der Waals surface area (Å²) in [5, 5.41) is 15.6. The maximum absolute atomic E-state index is 12.8. The first-order chi connectivity index (χ1) is 15.8. The Bertz CT molecular complexity index is 764. The van der Waals surface area contributed by atoms with E-state index in [1.165, 1.54) is 11.0 Å². The van der Waals surface area contributed by atoms with Crippen LogP contribution in [-0.4, -0.2) is 95.5 Å². The van der Waals surface area contributed by atoms with Gasteiger partial charge in [0.05, 0.1) is 12.8 Å². The summed E-state index contributed by atoms with van der Waals surface area (Å²) in [5.41, 5.74) is 0. The highest BCUT2D eigenvalue weighted by molar-refractivity contribution is 6.00. The number of likely N-dealkylation sites (N-methyl/N-ethyl adjacent to an activating group) is 2. The minimum atomic E-state index is -0.594. The van der Waals surface area contributed by atoms with Crippen LogP contribution in [-0.2, 0) is 14.4 Å². The molecule has 0 aromatic carbocycles. The number of imide groups is 1. The number of isocyanates is 1. The van der Waals surface area contributed by atoms with E-state index in [1.54, 1.807) is 11.9 Å². The van der Waals surface area contributed by atoms with Gasteiger partial charge >= 0.3 is 6.03 Å². The molecule has 4 amide bonds. The van der Waals surface area contributed by atoms with E-state index >= 15 is 0 Å². The molecule has 3 rings (SSSR count). The van der Waals surface area contributed by atoms with Crippen molar-refractivity contribution in [3.8, 4) is 0 Å². The number of aliphatic hydroxyl groups is 1. The Morgan fingerprint density at radius 3 is 2.58 bits per heavy atom. The molecule has 0 radical (unpaired) electrons. The zero-order valence-electron chi connectivity index (χ0n) is 19.5. The first-order valence-corrected chi connectivity index (χ1v) is 11.9. The number of aliphatic imine (C=N–C) groups is 1. The van der Waals surface area contributed by atoms with Gasteiger partial charge in [-0.2, -0.15) is 4.99 Å². The van der Waals surface area contributed by atoms with Gasteiger partial charge in [-0.05, 0) is 52.0 Å². The van der Waals surface area contributed by atoms with Gasteiger partial charge < -0.3 is 15.3 Å². The molecule has 3 fully saturated rings. The van der Waals surface area contributed by atoms with Crippen molar-refractivity contribution in [3.63, 3.8) is 0 Å². The highest BCUT2D eigenvalue weighted by atomic mass is 16.3. The van der Waals surface area contributed by atoms with Gasteiger partial charge in [0.15, 0.2) is 0 Å². The van der Waals surface area contributed by atoms with Gasteiger partial charge in [0.25, 0.3) is 5.91 Å². The van der Waals surface area contributed by atoms with E-state index in [2.05, 4.69) is 15.6 Å². The standard InChI is InChI=1S/C22H36N6O5/c1-26-13-23-19-18(26)21(32)28(22(33)27(19)2)12-6-4-3-5-7-17(24-14-29)25-20(31)15-8-10-16(30)11-9-15/h15-19,23,30H,3-13H2,1-2H3,(H,25,31). The summed E-state index contributed by atoms with van der Waals surface area (Å²) < 4.78 is 0. The number of carbonyl (C=O) groups is 3. The third-order valence-corrected chi connectivity index (χ3v) is 6.99. The Kier molecular flexibility index (Phi) is 8.96. The molecule has 3 aliphatic rings. The Balaban J connectivity index is 1.37. The predicted octanol–water partition coefficient (Wildman–Crippen LogP) is 0.347. The lowest BCUT2D eigenvalue weighted by molar-refractivity contribution is -0.137. The highest BCUT2D eigenvalue weighted by Gasteiger charge is 2.49. The van der Waals surface area contributed by atoms with E-state index in [1.807, 2.05) is 11.9 Å². The van der Waals surface area contributed by atoms with Crippen molar-refractivity contribution < 1.29 is 24.3 Å². The van der Waals surface area contributed by atoms with Crippen LogP contribution in [0.2, 0.25) is 0 Å². The van der Waals surface area contributed by atoms with Gasteiger partial charge in [-0.25, -0.2) is 9.59 Å². The number of amides is 4. The monoisotopic (exact) mass is 464 g/mol. The topological polar surface area (TPSA) is 135 Å². The molecule has 0 aromatic rings. The van der Waals surface area contributed by atoms with Crippen molar-refractivity contribution in [3.05, 3.63) is 0 Å². The molecule has 2 heterocycles. The fraction of sp³-hybridized carbons (Fsp3) is 0.818. The van der Waals surface area contributed by atoms with E-state index in [0.29, 0.717) is 51.7 Å². The van der Waals surface area contributed by atoms with Gasteiger partial charge in [0.1, 0.15) is 18.4 Å². The molecule has 2 saturated heterocycles. The largest absolute Gasteiger partial charge is 0.393 e. The number of hydrogen-bond donors (Lipinski definition) is 3. The molecule has 0 bridgehead atoms. The summed E-state index contributed by atoms with van der Waals surface area (Å²) in [7, 11) is 3.58. The second-order valence-corrected chi connectivity index (χ2v) is 9.35. The van der Waals surface area contributed by atoms with Crippen molar-refractivity contribution in [2.45, 2.75) is 82.3 Å². The number of rotatable bonds is 10. The number of fused-ring (bicyclic) bond motifs is 1. The van der Waals surface area contributed by atoms with Crippen LogP contribution in [0.15, 0.2) is 4.99 Å². The molecule has 184 valence electrons. The summed E-state index contributed by atoms with van der Waals surface area (Å²) in [6, 6.07) is -0.631. The second-order valence-electron chi connectivity index (χ2n) is 9.35. The lowest BCUT2D eigenvalue weighted by Crippen LogP contribution is -2.65.